The molecule has 11 heteroatoms. The number of para-hydroxylation sites is 2. The third-order valence-electron chi connectivity index (χ3n) is 6.36. The number of ether oxygens (including phenoxy) is 1. The van der Waals surface area contributed by atoms with E-state index in [1.165, 1.54) is 10.4 Å². The van der Waals surface area contributed by atoms with E-state index in [9.17, 15) is 18.3 Å². The van der Waals surface area contributed by atoms with Crippen LogP contribution in [0.3, 0.4) is 0 Å². The van der Waals surface area contributed by atoms with Gasteiger partial charge in [-0.05, 0) is 61.5 Å². The van der Waals surface area contributed by atoms with Crippen LogP contribution in [0.1, 0.15) is 30.3 Å². The molecule has 39 heavy (non-hydrogen) atoms. The molecule has 0 saturated carbocycles. The van der Waals surface area contributed by atoms with Crippen molar-refractivity contribution >= 4 is 49.6 Å². The van der Waals surface area contributed by atoms with Crippen LogP contribution in [0.15, 0.2) is 76.6 Å². The molecule has 204 valence electrons. The van der Waals surface area contributed by atoms with Gasteiger partial charge in [-0.15, -0.1) is 0 Å². The molecule has 0 bridgehead atoms. The first-order valence-corrected chi connectivity index (χ1v) is 13.4. The first kappa shape index (κ1) is 27.8. The number of aliphatic imine (C=N–C) groups is 1. The van der Waals surface area contributed by atoms with Crippen LogP contribution in [0.4, 0.5) is 17.1 Å². The number of aromatic amines is 1. The van der Waals surface area contributed by atoms with E-state index in [0.29, 0.717) is 71.1 Å². The highest BCUT2D eigenvalue weighted by Crippen LogP contribution is 2.32. The van der Waals surface area contributed by atoms with Crippen molar-refractivity contribution in [1.29, 1.82) is 0 Å². The number of fused-ring (bicyclic) bond motifs is 1. The first-order chi connectivity index (χ1) is 18.2. The lowest BCUT2D eigenvalue weighted by atomic mass is 10.1. The molecule has 0 unspecified atom stereocenters. The van der Waals surface area contributed by atoms with Gasteiger partial charge in [0.1, 0.15) is 0 Å². The lowest BCUT2D eigenvalue weighted by Crippen LogP contribution is -2.40. The number of hydrogen-bond acceptors (Lipinski definition) is 7. The molecular weight excluding hydrogens is 518 g/mol. The Balaban J connectivity index is 0.00000353. The number of hydrogen-bond donors (Lipinski definition) is 4. The van der Waals surface area contributed by atoms with E-state index in [4.69, 9.17) is 10.5 Å². The summed E-state index contributed by atoms with van der Waals surface area (Å²) in [6, 6.07) is 18.4. The van der Waals surface area contributed by atoms with E-state index in [1.54, 1.807) is 67.6 Å². The summed E-state index contributed by atoms with van der Waals surface area (Å²) in [5.41, 5.74) is 9.35. The van der Waals surface area contributed by atoms with E-state index in [-0.39, 0.29) is 24.1 Å². The van der Waals surface area contributed by atoms with Gasteiger partial charge in [-0.25, -0.2) is 8.42 Å². The van der Waals surface area contributed by atoms with Crippen molar-refractivity contribution in [1.82, 2.24) is 9.29 Å². The number of carbonyl (C=O) groups is 1. The molecule has 5 N–H and O–H groups in total. The molecule has 0 radical (unpaired) electrons. The van der Waals surface area contributed by atoms with Gasteiger partial charge in [0.25, 0.3) is 5.91 Å². The third-order valence-corrected chi connectivity index (χ3v) is 8.25. The van der Waals surface area contributed by atoms with Crippen molar-refractivity contribution in [3.05, 3.63) is 77.9 Å². The molecule has 0 spiro atoms. The van der Waals surface area contributed by atoms with Gasteiger partial charge in [-0.1, -0.05) is 19.6 Å². The number of aromatic hydroxyl groups is 1. The molecule has 0 aliphatic carbocycles. The lowest BCUT2D eigenvalue weighted by molar-refractivity contribution is 0.0730. The van der Waals surface area contributed by atoms with Crippen LogP contribution < -0.4 is 11.1 Å². The van der Waals surface area contributed by atoms with E-state index < -0.39 is 10.0 Å². The number of sulfonamides is 1. The summed E-state index contributed by atoms with van der Waals surface area (Å²) in [6.45, 7) is 3.01. The minimum Gasteiger partial charge on any atom is -0.494 e. The molecule has 1 saturated heterocycles. The Bertz CT molecular complexity index is 1640. The SMILES string of the molecule is C.CC(=Nc1ccc(C(=O)Nc2ccccc2N)cc1)c1c(O)[nH]c2ccc(S(=O)(=O)N3CCOCC3)cc12. The second-order valence-corrected chi connectivity index (χ2v) is 10.8. The minimum atomic E-state index is -3.71. The number of nitrogen functional groups attached to an aromatic ring is 1. The second kappa shape index (κ2) is 11.3. The smallest absolute Gasteiger partial charge is 0.255 e. The van der Waals surface area contributed by atoms with Crippen LogP contribution >= 0.6 is 0 Å². The summed E-state index contributed by atoms with van der Waals surface area (Å²) >= 11 is 0. The zero-order valence-electron chi connectivity index (χ0n) is 20.6. The Labute approximate surface area is 227 Å². The number of rotatable bonds is 6. The quantitative estimate of drug-likeness (QED) is 0.205. The largest absolute Gasteiger partial charge is 0.494 e. The van der Waals surface area contributed by atoms with Crippen molar-refractivity contribution in [2.75, 3.05) is 37.4 Å². The molecule has 1 amide bonds. The Morgan fingerprint density at radius 1 is 1.08 bits per heavy atom. The van der Waals surface area contributed by atoms with Crippen LogP contribution in [-0.2, 0) is 14.8 Å². The van der Waals surface area contributed by atoms with Crippen molar-refractivity contribution in [2.45, 2.75) is 19.2 Å². The number of nitrogens with one attached hydrogen (secondary N) is 2. The number of nitrogens with zero attached hydrogens (tertiary/aromatic N) is 2. The van der Waals surface area contributed by atoms with Gasteiger partial charge in [-0.3, -0.25) is 9.79 Å². The number of H-pyrrole nitrogens is 1. The average Bonchev–Trinajstić information content (AvgIpc) is 3.26. The van der Waals surface area contributed by atoms with Crippen LogP contribution in [0.2, 0.25) is 0 Å². The van der Waals surface area contributed by atoms with Crippen molar-refractivity contribution < 1.29 is 23.1 Å². The van der Waals surface area contributed by atoms with E-state index in [0.717, 1.165) is 0 Å². The Hall–Kier alpha value is -4.19. The monoisotopic (exact) mass is 549 g/mol. The third kappa shape index (κ3) is 5.65. The number of benzene rings is 3. The van der Waals surface area contributed by atoms with Crippen LogP contribution in [0.5, 0.6) is 5.88 Å². The predicted octanol–water partition coefficient (Wildman–Crippen LogP) is 4.51. The lowest BCUT2D eigenvalue weighted by Gasteiger charge is -2.26. The summed E-state index contributed by atoms with van der Waals surface area (Å²) in [5.74, 6) is -0.419. The van der Waals surface area contributed by atoms with E-state index in [2.05, 4.69) is 15.3 Å². The molecule has 2 heterocycles. The maximum Gasteiger partial charge on any atom is 0.255 e. The topological polar surface area (TPSA) is 150 Å². The van der Waals surface area contributed by atoms with Gasteiger partial charge >= 0.3 is 0 Å². The maximum atomic E-state index is 13.2. The number of aromatic nitrogens is 1. The molecule has 1 fully saturated rings. The Morgan fingerprint density at radius 2 is 1.77 bits per heavy atom. The van der Waals surface area contributed by atoms with Crippen LogP contribution in [-0.4, -0.2) is 60.7 Å². The van der Waals surface area contributed by atoms with Gasteiger partial charge in [0.2, 0.25) is 10.0 Å². The highest BCUT2D eigenvalue weighted by atomic mass is 32.2. The van der Waals surface area contributed by atoms with Crippen LogP contribution in [0, 0.1) is 0 Å². The van der Waals surface area contributed by atoms with Crippen LogP contribution in [0.25, 0.3) is 10.9 Å². The summed E-state index contributed by atoms with van der Waals surface area (Å²) in [7, 11) is -3.71. The average molecular weight is 550 g/mol. The molecule has 3 aromatic carbocycles. The Morgan fingerprint density at radius 3 is 2.46 bits per heavy atom. The van der Waals surface area contributed by atoms with Gasteiger partial charge in [0.05, 0.1) is 46.4 Å². The number of anilines is 2. The molecule has 1 aliphatic heterocycles. The number of morpholine rings is 1. The zero-order valence-corrected chi connectivity index (χ0v) is 21.5. The van der Waals surface area contributed by atoms with E-state index >= 15 is 0 Å². The summed E-state index contributed by atoms with van der Waals surface area (Å²) in [5, 5.41) is 13.9. The second-order valence-electron chi connectivity index (χ2n) is 8.86. The van der Waals surface area contributed by atoms with Gasteiger partial charge in [-0.2, -0.15) is 4.31 Å². The minimum absolute atomic E-state index is 0. The predicted molar refractivity (Wildman–Crippen MR) is 153 cm³/mol. The number of nitrogens with two attached hydrogens (primary N) is 1. The molecule has 1 aromatic heterocycles. The number of carbonyl (C=O) groups excluding carboxylic acids is 1. The fourth-order valence-electron chi connectivity index (χ4n) is 4.36. The van der Waals surface area contributed by atoms with Gasteiger partial charge in [0.15, 0.2) is 5.88 Å². The van der Waals surface area contributed by atoms with Crippen molar-refractivity contribution in [2.24, 2.45) is 4.99 Å². The normalized spacial score (nSPS) is 14.6. The fraction of sp³-hybridized carbons (Fsp3) is 0.214. The van der Waals surface area contributed by atoms with E-state index in [1.807, 2.05) is 0 Å². The number of amides is 1. The van der Waals surface area contributed by atoms with Gasteiger partial charge < -0.3 is 25.9 Å². The van der Waals surface area contributed by atoms with Crippen molar-refractivity contribution in [3.8, 4) is 5.88 Å². The highest BCUT2D eigenvalue weighted by Gasteiger charge is 2.27. The van der Waals surface area contributed by atoms with Crippen molar-refractivity contribution in [3.63, 3.8) is 0 Å². The zero-order chi connectivity index (χ0) is 26.9. The maximum absolute atomic E-state index is 13.2. The summed E-state index contributed by atoms with van der Waals surface area (Å²) < 4.78 is 33.0. The molecular formula is C28H31N5O5S. The summed E-state index contributed by atoms with van der Waals surface area (Å²) in [4.78, 5) is 20.2. The standard InChI is InChI=1S/C27H27N5O5S.CH4/c1-17(29-19-8-6-18(7-9-19)26(33)31-24-5-3-2-4-22(24)28)25-21-16-20(10-11-23(21)30-27(25)34)38(35,36)32-12-14-37-15-13-32;/h2-11,16,30,34H,12-15,28H2,1H3,(H,31,33);1H4. The highest BCUT2D eigenvalue weighted by molar-refractivity contribution is 7.89. The molecule has 1 aliphatic rings. The Kier molecular flexibility index (Phi) is 8.05. The summed E-state index contributed by atoms with van der Waals surface area (Å²) in [6.07, 6.45) is 0. The molecule has 4 aromatic rings. The molecule has 0 atom stereocenters. The molecule has 10 nitrogen and oxygen atoms in total. The van der Waals surface area contributed by atoms with Gasteiger partial charge in [0, 0.05) is 29.6 Å². The molecule has 5 rings (SSSR count). The first-order valence-electron chi connectivity index (χ1n) is 12.0. The fourth-order valence-corrected chi connectivity index (χ4v) is 5.80.